The van der Waals surface area contributed by atoms with Gasteiger partial charge in [0.25, 0.3) is 11.5 Å². The predicted molar refractivity (Wildman–Crippen MR) is 129 cm³/mol. The molecule has 0 unspecified atom stereocenters. The maximum Gasteiger partial charge on any atom is 0.267 e. The highest BCUT2D eigenvalue weighted by atomic mass is 19.2. The summed E-state index contributed by atoms with van der Waals surface area (Å²) in [6.45, 7) is 3.31. The third-order valence-electron chi connectivity index (χ3n) is 5.77. The van der Waals surface area contributed by atoms with Crippen LogP contribution in [0.2, 0.25) is 0 Å². The Balaban J connectivity index is 1.68. The molecule has 36 heavy (non-hydrogen) atoms. The molecule has 0 spiro atoms. The maximum atomic E-state index is 14.1. The fourth-order valence-corrected chi connectivity index (χ4v) is 4.13. The quantitative estimate of drug-likeness (QED) is 0.394. The van der Waals surface area contributed by atoms with Crippen molar-refractivity contribution in [2.45, 2.75) is 19.9 Å². The minimum Gasteiger partial charge on any atom is -0.342 e. The molecule has 5 rings (SSSR count). The van der Waals surface area contributed by atoms with Crippen molar-refractivity contribution in [3.8, 4) is 18.0 Å². The second-order valence-electron chi connectivity index (χ2n) is 8.10. The van der Waals surface area contributed by atoms with E-state index in [1.165, 1.54) is 10.6 Å². The van der Waals surface area contributed by atoms with E-state index in [0.29, 0.717) is 22.4 Å². The molecule has 3 aromatic heterocycles. The lowest BCUT2D eigenvalue weighted by molar-refractivity contribution is 0.0938. The summed E-state index contributed by atoms with van der Waals surface area (Å²) in [6.07, 6.45) is 8.81. The SMILES string of the molecule is C#Cc1cccc2nc([C@H](C)NC(=O)c3c(C)nn4cccnc34)n(-c3ccc(F)c(F)c3)c(=O)c12. The summed E-state index contributed by atoms with van der Waals surface area (Å²) in [4.78, 5) is 35.7. The van der Waals surface area contributed by atoms with Gasteiger partial charge in [0.1, 0.15) is 11.4 Å². The second-order valence-corrected chi connectivity index (χ2v) is 8.10. The summed E-state index contributed by atoms with van der Waals surface area (Å²) in [5.41, 5.74) is 1.15. The number of amides is 1. The van der Waals surface area contributed by atoms with Gasteiger partial charge in [0, 0.05) is 24.0 Å². The number of halogens is 2. The van der Waals surface area contributed by atoms with Crippen molar-refractivity contribution in [1.82, 2.24) is 29.5 Å². The maximum absolute atomic E-state index is 14.1. The molecule has 5 aromatic rings. The number of benzene rings is 2. The molecule has 0 aliphatic carbocycles. The first-order chi connectivity index (χ1) is 17.3. The van der Waals surface area contributed by atoms with E-state index in [9.17, 15) is 18.4 Å². The van der Waals surface area contributed by atoms with Crippen LogP contribution in [0.5, 0.6) is 0 Å². The normalized spacial score (nSPS) is 12.0. The van der Waals surface area contributed by atoms with Gasteiger partial charge in [0.15, 0.2) is 17.3 Å². The first-order valence-electron chi connectivity index (χ1n) is 10.9. The number of carbonyl (C=O) groups excluding carboxylic acids is 1. The molecule has 0 aliphatic rings. The molecule has 2 aromatic carbocycles. The zero-order valence-electron chi connectivity index (χ0n) is 19.2. The standard InChI is InChI=1S/C26H18F2N6O2/c1-4-16-7-5-8-20-22(16)26(36)34(17-9-10-18(27)19(28)13-17)23(31-20)15(3)30-25(35)21-14(2)32-33-12-6-11-29-24(21)33/h1,5-13,15H,2-3H3,(H,30,35)/t15-/m0/s1. The van der Waals surface area contributed by atoms with Crippen molar-refractivity contribution in [1.29, 1.82) is 0 Å². The number of aryl methyl sites for hydroxylation is 1. The van der Waals surface area contributed by atoms with E-state index in [4.69, 9.17) is 6.42 Å². The molecule has 0 aliphatic heterocycles. The van der Waals surface area contributed by atoms with Crippen molar-refractivity contribution in [3.63, 3.8) is 0 Å². The van der Waals surface area contributed by atoms with Gasteiger partial charge in [-0.3, -0.25) is 14.2 Å². The second kappa shape index (κ2) is 8.70. The summed E-state index contributed by atoms with van der Waals surface area (Å²) in [6, 6.07) is 8.77. The Kier molecular flexibility index (Phi) is 5.53. The lowest BCUT2D eigenvalue weighted by Crippen LogP contribution is -2.33. The summed E-state index contributed by atoms with van der Waals surface area (Å²) in [7, 11) is 0. The van der Waals surface area contributed by atoms with Crippen molar-refractivity contribution < 1.29 is 13.6 Å². The Bertz CT molecular complexity index is 1780. The van der Waals surface area contributed by atoms with Crippen molar-refractivity contribution >= 4 is 22.5 Å². The molecule has 0 saturated heterocycles. The highest BCUT2D eigenvalue weighted by molar-refractivity contribution is 6.01. The van der Waals surface area contributed by atoms with Crippen LogP contribution < -0.4 is 10.9 Å². The minimum atomic E-state index is -1.14. The summed E-state index contributed by atoms with van der Waals surface area (Å²) < 4.78 is 30.4. The number of nitrogens with one attached hydrogen (secondary N) is 1. The molecule has 1 atom stereocenters. The molecule has 0 radical (unpaired) electrons. The zero-order chi connectivity index (χ0) is 25.6. The Morgan fingerprint density at radius 3 is 2.72 bits per heavy atom. The smallest absolute Gasteiger partial charge is 0.267 e. The Morgan fingerprint density at radius 1 is 1.17 bits per heavy atom. The van der Waals surface area contributed by atoms with E-state index in [1.54, 1.807) is 50.5 Å². The molecule has 1 N–H and O–H groups in total. The third kappa shape index (κ3) is 3.67. The van der Waals surface area contributed by atoms with Crippen LogP contribution in [0.15, 0.2) is 59.7 Å². The molecule has 0 bridgehead atoms. The van der Waals surface area contributed by atoms with Gasteiger partial charge in [-0.1, -0.05) is 12.0 Å². The van der Waals surface area contributed by atoms with E-state index >= 15 is 0 Å². The van der Waals surface area contributed by atoms with Crippen molar-refractivity contribution in [3.05, 3.63) is 99.5 Å². The van der Waals surface area contributed by atoms with E-state index in [1.807, 2.05) is 0 Å². The van der Waals surface area contributed by atoms with Gasteiger partial charge < -0.3 is 5.32 Å². The largest absolute Gasteiger partial charge is 0.342 e. The van der Waals surface area contributed by atoms with Crippen LogP contribution in [0.25, 0.3) is 22.2 Å². The topological polar surface area (TPSA) is 94.2 Å². The van der Waals surface area contributed by atoms with E-state index in [2.05, 4.69) is 26.3 Å². The van der Waals surface area contributed by atoms with Crippen LogP contribution in [0.3, 0.4) is 0 Å². The average molecular weight is 484 g/mol. The molecular formula is C26H18F2N6O2. The molecule has 178 valence electrons. The van der Waals surface area contributed by atoms with Crippen LogP contribution in [0, 0.1) is 30.9 Å². The van der Waals surface area contributed by atoms with Gasteiger partial charge in [-0.2, -0.15) is 5.10 Å². The summed E-state index contributed by atoms with van der Waals surface area (Å²) in [5.74, 6) is -0.134. The van der Waals surface area contributed by atoms with Gasteiger partial charge in [0.2, 0.25) is 0 Å². The van der Waals surface area contributed by atoms with Gasteiger partial charge in [0.05, 0.1) is 28.3 Å². The Labute approximate surface area is 203 Å². The molecule has 1 amide bonds. The number of terminal acetylenes is 1. The average Bonchev–Trinajstić information content (AvgIpc) is 3.21. The predicted octanol–water partition coefficient (Wildman–Crippen LogP) is 3.49. The minimum absolute atomic E-state index is 0.0325. The molecule has 0 fully saturated rings. The molecule has 8 nitrogen and oxygen atoms in total. The third-order valence-corrected chi connectivity index (χ3v) is 5.77. The molecular weight excluding hydrogens is 466 g/mol. The van der Waals surface area contributed by atoms with Crippen LogP contribution in [-0.4, -0.2) is 30.1 Å². The summed E-state index contributed by atoms with van der Waals surface area (Å²) in [5, 5.41) is 7.27. The number of carbonyl (C=O) groups is 1. The number of nitrogens with zero attached hydrogens (tertiary/aromatic N) is 5. The number of hydrogen-bond acceptors (Lipinski definition) is 5. The Hall–Kier alpha value is -4.91. The lowest BCUT2D eigenvalue weighted by Gasteiger charge is -2.20. The fourth-order valence-electron chi connectivity index (χ4n) is 4.13. The lowest BCUT2D eigenvalue weighted by atomic mass is 10.1. The zero-order valence-corrected chi connectivity index (χ0v) is 19.2. The van der Waals surface area contributed by atoms with Crippen LogP contribution >= 0.6 is 0 Å². The van der Waals surface area contributed by atoms with Crippen LogP contribution in [0.1, 0.15) is 40.4 Å². The highest BCUT2D eigenvalue weighted by Gasteiger charge is 2.24. The van der Waals surface area contributed by atoms with Gasteiger partial charge in [-0.15, -0.1) is 6.42 Å². The van der Waals surface area contributed by atoms with E-state index in [0.717, 1.165) is 16.7 Å². The van der Waals surface area contributed by atoms with E-state index < -0.39 is 29.1 Å². The summed E-state index contributed by atoms with van der Waals surface area (Å²) >= 11 is 0. The monoisotopic (exact) mass is 484 g/mol. The highest BCUT2D eigenvalue weighted by Crippen LogP contribution is 2.22. The van der Waals surface area contributed by atoms with Crippen molar-refractivity contribution in [2.75, 3.05) is 0 Å². The van der Waals surface area contributed by atoms with Gasteiger partial charge >= 0.3 is 0 Å². The van der Waals surface area contributed by atoms with Gasteiger partial charge in [-0.25, -0.2) is 23.3 Å². The number of aromatic nitrogens is 5. The van der Waals surface area contributed by atoms with E-state index in [-0.39, 0.29) is 22.5 Å². The molecule has 3 heterocycles. The first kappa shape index (κ1) is 22.9. The van der Waals surface area contributed by atoms with Crippen LogP contribution in [-0.2, 0) is 0 Å². The number of hydrogen-bond donors (Lipinski definition) is 1. The first-order valence-corrected chi connectivity index (χ1v) is 10.9. The molecule has 10 heteroatoms. The number of fused-ring (bicyclic) bond motifs is 2. The van der Waals surface area contributed by atoms with Crippen LogP contribution in [0.4, 0.5) is 8.78 Å². The Morgan fingerprint density at radius 2 is 1.97 bits per heavy atom. The fraction of sp³-hybridized carbons (Fsp3) is 0.115. The van der Waals surface area contributed by atoms with Gasteiger partial charge in [-0.05, 0) is 44.2 Å². The van der Waals surface area contributed by atoms with Crippen molar-refractivity contribution in [2.24, 2.45) is 0 Å². The number of rotatable bonds is 4. The molecule has 0 saturated carbocycles.